The zero-order chi connectivity index (χ0) is 12.6. The molecule has 2 aromatic heterocycles. The van der Waals surface area contributed by atoms with E-state index < -0.39 is 22.9 Å². The molecule has 9 heteroatoms. The van der Waals surface area contributed by atoms with E-state index in [1.165, 1.54) is 6.07 Å². The Balaban J connectivity index is 2.71. The fraction of sp³-hybridized carbons (Fsp3) is 0.125. The summed E-state index contributed by atoms with van der Waals surface area (Å²) in [5.41, 5.74) is -2.01. The van der Waals surface area contributed by atoms with Crippen molar-refractivity contribution in [2.24, 2.45) is 0 Å². The highest BCUT2D eigenvalue weighted by molar-refractivity contribution is 5.84. The van der Waals surface area contributed by atoms with Crippen molar-refractivity contribution in [2.75, 3.05) is 0 Å². The summed E-state index contributed by atoms with van der Waals surface area (Å²) < 4.78 is 0.703. The number of carboxylic acid groups (broad SMARTS) is 1. The molecule has 0 spiro atoms. The molecular weight excluding hydrogens is 230 g/mol. The zero-order valence-electron chi connectivity index (χ0n) is 8.59. The van der Waals surface area contributed by atoms with Gasteiger partial charge in [0.15, 0.2) is 5.82 Å². The van der Waals surface area contributed by atoms with Crippen LogP contribution in [-0.2, 0) is 0 Å². The molecular formula is C8H7N5O4. The molecule has 0 fully saturated rings. The van der Waals surface area contributed by atoms with Crippen LogP contribution in [0.4, 0.5) is 0 Å². The van der Waals surface area contributed by atoms with E-state index in [0.717, 1.165) is 0 Å². The summed E-state index contributed by atoms with van der Waals surface area (Å²) in [6.45, 7) is 1.70. The lowest BCUT2D eigenvalue weighted by Gasteiger charge is -1.99. The van der Waals surface area contributed by atoms with E-state index in [0.29, 0.717) is 10.4 Å². The third-order valence-electron chi connectivity index (χ3n) is 1.94. The molecule has 0 aromatic carbocycles. The molecule has 0 unspecified atom stereocenters. The Bertz CT molecular complexity index is 694. The standard InChI is InChI=1S/C8H7N5O4/c1-3-2-4(11-10-3)13-8(17)9-6(14)5(12-13)7(15)16/h2H,1H3,(H,10,11)(H,15,16)(H,9,14,17). The van der Waals surface area contributed by atoms with Crippen molar-refractivity contribution in [3.8, 4) is 5.82 Å². The van der Waals surface area contributed by atoms with Crippen molar-refractivity contribution < 1.29 is 9.90 Å². The molecule has 2 aromatic rings. The third kappa shape index (κ3) is 1.85. The molecule has 17 heavy (non-hydrogen) atoms. The number of nitrogens with zero attached hydrogens (tertiary/aromatic N) is 3. The second-order valence-electron chi connectivity index (χ2n) is 3.23. The quantitative estimate of drug-likeness (QED) is 0.591. The summed E-state index contributed by atoms with van der Waals surface area (Å²) in [6.07, 6.45) is 0. The molecule has 0 saturated heterocycles. The Kier molecular flexibility index (Phi) is 2.35. The molecule has 88 valence electrons. The smallest absolute Gasteiger partial charge is 0.362 e. The van der Waals surface area contributed by atoms with Gasteiger partial charge in [0, 0.05) is 11.8 Å². The molecule has 0 atom stereocenters. The molecule has 0 aliphatic heterocycles. The SMILES string of the molecule is Cc1cc(-n2nc(C(=O)O)c(=O)[nH]c2=O)n[nH]1. The van der Waals surface area contributed by atoms with Gasteiger partial charge in [0.25, 0.3) is 5.56 Å². The Morgan fingerprint density at radius 2 is 2.18 bits per heavy atom. The van der Waals surface area contributed by atoms with Crippen LogP contribution in [0.15, 0.2) is 15.7 Å². The number of aryl methyl sites for hydroxylation is 1. The molecule has 3 N–H and O–H groups in total. The number of carbonyl (C=O) groups is 1. The minimum absolute atomic E-state index is 0.103. The van der Waals surface area contributed by atoms with Crippen LogP contribution in [0.2, 0.25) is 0 Å². The second kappa shape index (κ2) is 3.70. The van der Waals surface area contributed by atoms with E-state index in [1.54, 1.807) is 6.92 Å². The van der Waals surface area contributed by atoms with Gasteiger partial charge in [0.2, 0.25) is 5.69 Å². The summed E-state index contributed by atoms with van der Waals surface area (Å²) in [6, 6.07) is 1.48. The number of aromatic carboxylic acids is 1. The normalized spacial score (nSPS) is 10.4. The largest absolute Gasteiger partial charge is 0.476 e. The van der Waals surface area contributed by atoms with E-state index in [9.17, 15) is 14.4 Å². The molecule has 0 radical (unpaired) electrons. The number of hydrogen-bond donors (Lipinski definition) is 3. The number of rotatable bonds is 2. The summed E-state index contributed by atoms with van der Waals surface area (Å²) in [4.78, 5) is 35.1. The van der Waals surface area contributed by atoms with Gasteiger partial charge >= 0.3 is 11.7 Å². The van der Waals surface area contributed by atoms with E-state index in [1.807, 2.05) is 4.98 Å². The molecule has 0 saturated carbocycles. The summed E-state index contributed by atoms with van der Waals surface area (Å²) in [7, 11) is 0. The van der Waals surface area contributed by atoms with Gasteiger partial charge in [-0.05, 0) is 6.92 Å². The average molecular weight is 237 g/mol. The fourth-order valence-corrected chi connectivity index (χ4v) is 1.21. The van der Waals surface area contributed by atoms with Crippen molar-refractivity contribution in [3.63, 3.8) is 0 Å². The number of carboxylic acids is 1. The van der Waals surface area contributed by atoms with E-state index in [-0.39, 0.29) is 5.82 Å². The molecule has 0 aliphatic carbocycles. The first-order valence-corrected chi connectivity index (χ1v) is 4.48. The van der Waals surface area contributed by atoms with Crippen molar-refractivity contribution in [2.45, 2.75) is 6.92 Å². The maximum absolute atomic E-state index is 11.4. The van der Waals surface area contributed by atoms with Gasteiger partial charge in [0.05, 0.1) is 0 Å². The highest BCUT2D eigenvalue weighted by Crippen LogP contribution is 1.99. The number of nitrogens with one attached hydrogen (secondary N) is 2. The van der Waals surface area contributed by atoms with Gasteiger partial charge in [-0.25, -0.2) is 9.59 Å². The van der Waals surface area contributed by atoms with Gasteiger partial charge < -0.3 is 5.11 Å². The van der Waals surface area contributed by atoms with Crippen LogP contribution in [-0.4, -0.2) is 36.0 Å². The summed E-state index contributed by atoms with van der Waals surface area (Å²) >= 11 is 0. The fourth-order valence-electron chi connectivity index (χ4n) is 1.21. The lowest BCUT2D eigenvalue weighted by Crippen LogP contribution is -2.35. The Morgan fingerprint density at radius 3 is 2.71 bits per heavy atom. The van der Waals surface area contributed by atoms with Crippen LogP contribution >= 0.6 is 0 Å². The number of aromatic nitrogens is 5. The van der Waals surface area contributed by atoms with Gasteiger partial charge in [-0.2, -0.15) is 9.78 Å². The molecule has 9 nitrogen and oxygen atoms in total. The predicted molar refractivity (Wildman–Crippen MR) is 54.3 cm³/mol. The number of aromatic amines is 2. The van der Waals surface area contributed by atoms with Crippen LogP contribution < -0.4 is 11.2 Å². The average Bonchev–Trinajstić information content (AvgIpc) is 2.64. The minimum Gasteiger partial charge on any atom is -0.476 e. The number of hydrogen-bond acceptors (Lipinski definition) is 5. The van der Waals surface area contributed by atoms with Crippen molar-refractivity contribution in [3.05, 3.63) is 38.3 Å². The lowest BCUT2D eigenvalue weighted by atomic mass is 10.4. The number of H-pyrrole nitrogens is 2. The van der Waals surface area contributed by atoms with Crippen LogP contribution in [0.5, 0.6) is 0 Å². The van der Waals surface area contributed by atoms with E-state index in [2.05, 4.69) is 15.3 Å². The first-order chi connectivity index (χ1) is 7.99. The molecule has 0 aliphatic rings. The first kappa shape index (κ1) is 10.8. The Hall–Kier alpha value is -2.71. The summed E-state index contributed by atoms with van der Waals surface area (Å²) in [5, 5.41) is 18.4. The lowest BCUT2D eigenvalue weighted by molar-refractivity contribution is 0.0685. The van der Waals surface area contributed by atoms with Crippen LogP contribution in [0.3, 0.4) is 0 Å². The van der Waals surface area contributed by atoms with Gasteiger partial charge in [-0.3, -0.25) is 14.9 Å². The van der Waals surface area contributed by atoms with Crippen LogP contribution in [0, 0.1) is 6.92 Å². The monoisotopic (exact) mass is 237 g/mol. The minimum atomic E-state index is -1.52. The molecule has 0 amide bonds. The topological polar surface area (TPSA) is 134 Å². The Labute approximate surface area is 92.7 Å². The maximum atomic E-state index is 11.4. The second-order valence-corrected chi connectivity index (χ2v) is 3.23. The van der Waals surface area contributed by atoms with E-state index in [4.69, 9.17) is 5.11 Å². The van der Waals surface area contributed by atoms with Gasteiger partial charge in [0.1, 0.15) is 0 Å². The summed E-state index contributed by atoms with van der Waals surface area (Å²) in [5.74, 6) is -1.42. The molecule has 2 rings (SSSR count). The molecule has 2 heterocycles. The highest BCUT2D eigenvalue weighted by atomic mass is 16.4. The van der Waals surface area contributed by atoms with Crippen LogP contribution in [0.1, 0.15) is 16.2 Å². The van der Waals surface area contributed by atoms with Gasteiger partial charge in [-0.1, -0.05) is 0 Å². The maximum Gasteiger partial charge on any atom is 0.362 e. The van der Waals surface area contributed by atoms with E-state index >= 15 is 0 Å². The van der Waals surface area contributed by atoms with Gasteiger partial charge in [-0.15, -0.1) is 5.10 Å². The molecule has 0 bridgehead atoms. The van der Waals surface area contributed by atoms with Crippen molar-refractivity contribution in [1.29, 1.82) is 0 Å². The Morgan fingerprint density at radius 1 is 1.47 bits per heavy atom. The van der Waals surface area contributed by atoms with Crippen molar-refractivity contribution >= 4 is 5.97 Å². The predicted octanol–water partition coefficient (Wildman–Crippen LogP) is -1.35. The third-order valence-corrected chi connectivity index (χ3v) is 1.94. The zero-order valence-corrected chi connectivity index (χ0v) is 8.59. The van der Waals surface area contributed by atoms with Crippen molar-refractivity contribution in [1.82, 2.24) is 25.0 Å². The van der Waals surface area contributed by atoms with Crippen LogP contribution in [0.25, 0.3) is 5.82 Å². The highest BCUT2D eigenvalue weighted by Gasteiger charge is 2.15. The first-order valence-electron chi connectivity index (χ1n) is 4.48.